The molecule has 166 valence electrons. The number of para-hydroxylation sites is 2. The monoisotopic (exact) mass is 450 g/mol. The summed E-state index contributed by atoms with van der Waals surface area (Å²) in [6.45, 7) is 4.00. The second kappa shape index (κ2) is 9.95. The lowest BCUT2D eigenvalue weighted by molar-refractivity contribution is -0.113. The Hall–Kier alpha value is -3.20. The standard InChI is InChI=1S/C23H26N6O2S/c1-15-8-7-9-16(2)21(15)29-23(26-27-28-29)32-14-20(30)25-19-13-6-5-12-18(19)22(31)24-17-10-3-4-11-17/h5-9,12-13,17H,3-4,10-11,14H2,1-2H3,(H,24,31)(H,25,30). The van der Waals surface area contributed by atoms with Gasteiger partial charge in [-0.15, -0.1) is 5.10 Å². The average Bonchev–Trinajstić information content (AvgIpc) is 3.45. The molecule has 0 unspecified atom stereocenters. The molecule has 32 heavy (non-hydrogen) atoms. The fourth-order valence-corrected chi connectivity index (χ4v) is 4.67. The second-order valence-corrected chi connectivity index (χ2v) is 8.89. The van der Waals surface area contributed by atoms with E-state index >= 15 is 0 Å². The van der Waals surface area contributed by atoms with E-state index in [1.807, 2.05) is 32.0 Å². The van der Waals surface area contributed by atoms with Crippen LogP contribution in [0.25, 0.3) is 5.69 Å². The highest BCUT2D eigenvalue weighted by atomic mass is 32.2. The van der Waals surface area contributed by atoms with Gasteiger partial charge in [-0.2, -0.15) is 4.68 Å². The maximum absolute atomic E-state index is 12.7. The number of hydrogen-bond donors (Lipinski definition) is 2. The molecule has 0 bridgehead atoms. The van der Waals surface area contributed by atoms with Crippen LogP contribution in [0, 0.1) is 13.8 Å². The lowest BCUT2D eigenvalue weighted by atomic mass is 10.1. The molecule has 1 saturated carbocycles. The highest BCUT2D eigenvalue weighted by Gasteiger charge is 2.20. The molecule has 1 fully saturated rings. The fourth-order valence-electron chi connectivity index (χ4n) is 3.99. The first-order valence-electron chi connectivity index (χ1n) is 10.7. The van der Waals surface area contributed by atoms with Gasteiger partial charge in [-0.1, -0.05) is 54.9 Å². The minimum absolute atomic E-state index is 0.115. The lowest BCUT2D eigenvalue weighted by Gasteiger charge is -2.15. The van der Waals surface area contributed by atoms with Crippen LogP contribution in [0.2, 0.25) is 0 Å². The van der Waals surface area contributed by atoms with Gasteiger partial charge < -0.3 is 10.6 Å². The lowest BCUT2D eigenvalue weighted by Crippen LogP contribution is -2.33. The summed E-state index contributed by atoms with van der Waals surface area (Å²) in [5.74, 6) is -0.268. The number of nitrogens with zero attached hydrogens (tertiary/aromatic N) is 4. The minimum Gasteiger partial charge on any atom is -0.349 e. The molecule has 1 aromatic heterocycles. The summed E-state index contributed by atoms with van der Waals surface area (Å²) in [6.07, 6.45) is 4.29. The van der Waals surface area contributed by atoms with Crippen LogP contribution in [0.15, 0.2) is 47.6 Å². The number of thioether (sulfide) groups is 1. The van der Waals surface area contributed by atoms with Crippen molar-refractivity contribution in [1.82, 2.24) is 25.5 Å². The average molecular weight is 451 g/mol. The van der Waals surface area contributed by atoms with Gasteiger partial charge in [-0.25, -0.2) is 0 Å². The van der Waals surface area contributed by atoms with Gasteiger partial charge in [-0.3, -0.25) is 9.59 Å². The third-order valence-corrected chi connectivity index (χ3v) is 6.48. The van der Waals surface area contributed by atoms with Crippen molar-refractivity contribution < 1.29 is 9.59 Å². The van der Waals surface area contributed by atoms with Crippen LogP contribution in [-0.2, 0) is 4.79 Å². The smallest absolute Gasteiger partial charge is 0.253 e. The quantitative estimate of drug-likeness (QED) is 0.533. The first-order chi connectivity index (χ1) is 15.5. The Balaban J connectivity index is 1.42. The molecule has 0 spiro atoms. The highest BCUT2D eigenvalue weighted by molar-refractivity contribution is 7.99. The molecule has 0 aliphatic heterocycles. The van der Waals surface area contributed by atoms with E-state index in [4.69, 9.17) is 0 Å². The van der Waals surface area contributed by atoms with Crippen LogP contribution in [0.3, 0.4) is 0 Å². The summed E-state index contributed by atoms with van der Waals surface area (Å²) in [5, 5.41) is 18.4. The number of carbonyl (C=O) groups excluding carboxylic acids is 2. The summed E-state index contributed by atoms with van der Waals surface area (Å²) in [6, 6.07) is 13.3. The Morgan fingerprint density at radius 3 is 2.53 bits per heavy atom. The Morgan fingerprint density at radius 2 is 1.78 bits per heavy atom. The number of carbonyl (C=O) groups is 2. The molecule has 2 amide bonds. The summed E-state index contributed by atoms with van der Waals surface area (Å²) in [4.78, 5) is 25.4. The van der Waals surface area contributed by atoms with Crippen LogP contribution in [0.1, 0.15) is 47.2 Å². The Kier molecular flexibility index (Phi) is 6.84. The van der Waals surface area contributed by atoms with Crippen LogP contribution in [0.5, 0.6) is 0 Å². The number of benzene rings is 2. The van der Waals surface area contributed by atoms with E-state index in [2.05, 4.69) is 26.2 Å². The van der Waals surface area contributed by atoms with Crippen molar-refractivity contribution in [2.45, 2.75) is 50.7 Å². The van der Waals surface area contributed by atoms with Crippen LogP contribution in [-0.4, -0.2) is 43.8 Å². The number of aryl methyl sites for hydroxylation is 2. The Labute approximate surface area is 191 Å². The SMILES string of the molecule is Cc1cccc(C)c1-n1nnnc1SCC(=O)Nc1ccccc1C(=O)NC1CCCC1. The molecule has 1 aliphatic rings. The molecule has 9 heteroatoms. The van der Waals surface area contributed by atoms with Gasteiger partial charge in [0.25, 0.3) is 5.91 Å². The normalized spacial score (nSPS) is 13.8. The van der Waals surface area contributed by atoms with Crippen molar-refractivity contribution >= 4 is 29.3 Å². The molecule has 2 aromatic carbocycles. The molecule has 0 radical (unpaired) electrons. The van der Waals surface area contributed by atoms with E-state index in [1.54, 1.807) is 28.9 Å². The molecule has 8 nitrogen and oxygen atoms in total. The topological polar surface area (TPSA) is 102 Å². The van der Waals surface area contributed by atoms with Gasteiger partial charge in [0.05, 0.1) is 22.7 Å². The number of anilines is 1. The fraction of sp³-hybridized carbons (Fsp3) is 0.348. The number of tetrazole rings is 1. The first-order valence-corrected chi connectivity index (χ1v) is 11.7. The largest absolute Gasteiger partial charge is 0.349 e. The summed E-state index contributed by atoms with van der Waals surface area (Å²) in [5.41, 5.74) is 3.98. The second-order valence-electron chi connectivity index (χ2n) is 7.95. The van der Waals surface area contributed by atoms with Crippen molar-refractivity contribution in [1.29, 1.82) is 0 Å². The van der Waals surface area contributed by atoms with Gasteiger partial charge in [0, 0.05) is 6.04 Å². The number of nitrogens with one attached hydrogen (secondary N) is 2. The summed E-state index contributed by atoms with van der Waals surface area (Å²) < 4.78 is 1.66. The predicted molar refractivity (Wildman–Crippen MR) is 124 cm³/mol. The van der Waals surface area contributed by atoms with E-state index in [-0.39, 0.29) is 23.6 Å². The maximum Gasteiger partial charge on any atom is 0.253 e. The molecule has 0 atom stereocenters. The Morgan fingerprint density at radius 1 is 1.06 bits per heavy atom. The molecular formula is C23H26N6O2S. The minimum atomic E-state index is -0.229. The van der Waals surface area contributed by atoms with Crippen LogP contribution < -0.4 is 10.6 Å². The zero-order valence-electron chi connectivity index (χ0n) is 18.2. The van der Waals surface area contributed by atoms with Crippen molar-refractivity contribution in [2.24, 2.45) is 0 Å². The molecular weight excluding hydrogens is 424 g/mol. The molecule has 1 heterocycles. The van der Waals surface area contributed by atoms with E-state index in [9.17, 15) is 9.59 Å². The van der Waals surface area contributed by atoms with Crippen LogP contribution >= 0.6 is 11.8 Å². The third-order valence-electron chi connectivity index (χ3n) is 5.56. The van der Waals surface area contributed by atoms with E-state index in [0.29, 0.717) is 16.4 Å². The van der Waals surface area contributed by atoms with Gasteiger partial charge in [0.1, 0.15) is 0 Å². The van der Waals surface area contributed by atoms with Gasteiger partial charge >= 0.3 is 0 Å². The maximum atomic E-state index is 12.7. The number of aromatic nitrogens is 4. The number of rotatable bonds is 7. The van der Waals surface area contributed by atoms with Gasteiger partial charge in [0.2, 0.25) is 11.1 Å². The molecule has 1 aliphatic carbocycles. The molecule has 2 N–H and O–H groups in total. The third kappa shape index (κ3) is 4.99. The summed E-state index contributed by atoms with van der Waals surface area (Å²) in [7, 11) is 0. The zero-order chi connectivity index (χ0) is 22.5. The number of amides is 2. The van der Waals surface area contributed by atoms with Crippen molar-refractivity contribution in [3.63, 3.8) is 0 Å². The highest BCUT2D eigenvalue weighted by Crippen LogP contribution is 2.24. The molecule has 4 rings (SSSR count). The van der Waals surface area contributed by atoms with E-state index < -0.39 is 0 Å². The van der Waals surface area contributed by atoms with Crippen molar-refractivity contribution in [3.05, 3.63) is 59.2 Å². The van der Waals surface area contributed by atoms with E-state index in [0.717, 1.165) is 42.5 Å². The zero-order valence-corrected chi connectivity index (χ0v) is 19.0. The first kappa shape index (κ1) is 22.0. The molecule has 0 saturated heterocycles. The van der Waals surface area contributed by atoms with Gasteiger partial charge in [-0.05, 0) is 60.4 Å². The molecule has 3 aromatic rings. The van der Waals surface area contributed by atoms with Crippen molar-refractivity contribution in [3.8, 4) is 5.69 Å². The van der Waals surface area contributed by atoms with E-state index in [1.165, 1.54) is 11.8 Å². The number of hydrogen-bond acceptors (Lipinski definition) is 6. The van der Waals surface area contributed by atoms with Crippen LogP contribution in [0.4, 0.5) is 5.69 Å². The Bertz CT molecular complexity index is 1100. The van der Waals surface area contributed by atoms with Gasteiger partial charge in [0.15, 0.2) is 0 Å². The van der Waals surface area contributed by atoms with Crippen molar-refractivity contribution in [2.75, 3.05) is 11.1 Å². The predicted octanol–water partition coefficient (Wildman–Crippen LogP) is 3.68. The summed E-state index contributed by atoms with van der Waals surface area (Å²) >= 11 is 1.25.